The third-order valence-corrected chi connectivity index (χ3v) is 1.87. The monoisotopic (exact) mass is 254 g/mol. The highest BCUT2D eigenvalue weighted by Crippen LogP contribution is 2.12. The van der Waals surface area contributed by atoms with E-state index in [0.717, 1.165) is 0 Å². The maximum Gasteiger partial charge on any atom is 0.373 e. The van der Waals surface area contributed by atoms with Gasteiger partial charge in [0.05, 0.1) is 24.3 Å². The minimum atomic E-state index is -0.763. The summed E-state index contributed by atoms with van der Waals surface area (Å²) in [6.07, 6.45) is 0. The van der Waals surface area contributed by atoms with Crippen molar-refractivity contribution in [2.75, 3.05) is 13.2 Å². The van der Waals surface area contributed by atoms with E-state index in [1.807, 2.05) is 0 Å². The molecule has 0 heterocycles. The molecule has 0 amide bonds. The van der Waals surface area contributed by atoms with E-state index < -0.39 is 11.9 Å². The quantitative estimate of drug-likeness (QED) is 0.570. The van der Waals surface area contributed by atoms with E-state index in [1.54, 1.807) is 26.0 Å². The van der Waals surface area contributed by atoms with Crippen LogP contribution in [0.15, 0.2) is 24.3 Å². The zero-order valence-corrected chi connectivity index (χ0v) is 10.2. The Hall–Kier alpha value is -1.92. The van der Waals surface area contributed by atoms with Crippen LogP contribution in [-0.2, 0) is 19.6 Å². The van der Waals surface area contributed by atoms with Gasteiger partial charge in [-0.3, -0.25) is 9.78 Å². The summed E-state index contributed by atoms with van der Waals surface area (Å²) < 4.78 is 0. The Labute approximate surface area is 104 Å². The molecule has 0 saturated carbocycles. The molecule has 0 unspecified atom stereocenters. The van der Waals surface area contributed by atoms with Gasteiger partial charge in [-0.05, 0) is 26.0 Å². The topological polar surface area (TPSA) is 71.1 Å². The van der Waals surface area contributed by atoms with Crippen LogP contribution in [-0.4, -0.2) is 25.2 Å². The van der Waals surface area contributed by atoms with Gasteiger partial charge in [0.1, 0.15) is 0 Å². The van der Waals surface area contributed by atoms with E-state index in [0.29, 0.717) is 0 Å². The van der Waals surface area contributed by atoms with Gasteiger partial charge in [-0.25, -0.2) is 9.59 Å². The van der Waals surface area contributed by atoms with Crippen molar-refractivity contribution in [3.8, 4) is 0 Å². The maximum atomic E-state index is 11.6. The van der Waals surface area contributed by atoms with Crippen molar-refractivity contribution in [1.82, 2.24) is 0 Å². The number of benzene rings is 1. The second kappa shape index (κ2) is 7.41. The summed E-state index contributed by atoms with van der Waals surface area (Å²) in [4.78, 5) is 41.2. The lowest BCUT2D eigenvalue weighted by molar-refractivity contribution is -0.238. The Morgan fingerprint density at radius 2 is 1.28 bits per heavy atom. The molecule has 6 heteroatoms. The van der Waals surface area contributed by atoms with Crippen molar-refractivity contribution >= 4 is 11.9 Å². The van der Waals surface area contributed by atoms with Crippen LogP contribution in [0.5, 0.6) is 0 Å². The Kier molecular flexibility index (Phi) is 5.83. The molecular formula is C12H14O6. The molecule has 1 aromatic carbocycles. The van der Waals surface area contributed by atoms with Gasteiger partial charge in [-0.2, -0.15) is 9.78 Å². The average molecular weight is 254 g/mol. The molecule has 0 aliphatic rings. The van der Waals surface area contributed by atoms with Crippen LogP contribution in [0, 0.1) is 0 Å². The third-order valence-electron chi connectivity index (χ3n) is 1.87. The van der Waals surface area contributed by atoms with Crippen LogP contribution in [0.4, 0.5) is 0 Å². The number of rotatable bonds is 6. The predicted octanol–water partition coefficient (Wildman–Crippen LogP) is 1.90. The first kappa shape index (κ1) is 14.1. The Balaban J connectivity index is 2.85. The number of carbonyl (C=O) groups is 2. The molecule has 0 bridgehead atoms. The van der Waals surface area contributed by atoms with E-state index in [1.165, 1.54) is 12.1 Å². The van der Waals surface area contributed by atoms with Gasteiger partial charge in [0.25, 0.3) is 0 Å². The summed E-state index contributed by atoms with van der Waals surface area (Å²) in [7, 11) is 0. The zero-order valence-electron chi connectivity index (χ0n) is 10.2. The minimum Gasteiger partial charge on any atom is -0.293 e. The molecule has 1 aromatic rings. The van der Waals surface area contributed by atoms with Crippen LogP contribution < -0.4 is 0 Å². The van der Waals surface area contributed by atoms with E-state index in [4.69, 9.17) is 0 Å². The van der Waals surface area contributed by atoms with Crippen molar-refractivity contribution in [1.29, 1.82) is 0 Å². The van der Waals surface area contributed by atoms with Gasteiger partial charge >= 0.3 is 11.9 Å². The molecule has 0 aromatic heterocycles. The Bertz CT molecular complexity index is 376. The summed E-state index contributed by atoms with van der Waals surface area (Å²) in [6, 6.07) is 6.06. The summed E-state index contributed by atoms with van der Waals surface area (Å²) in [5, 5.41) is 0. The first-order chi connectivity index (χ1) is 8.70. The molecule has 18 heavy (non-hydrogen) atoms. The number of carbonyl (C=O) groups excluding carboxylic acids is 2. The highest BCUT2D eigenvalue weighted by atomic mass is 17.2. The van der Waals surface area contributed by atoms with Crippen molar-refractivity contribution in [3.63, 3.8) is 0 Å². The minimum absolute atomic E-state index is 0.0515. The highest BCUT2D eigenvalue weighted by molar-refractivity contribution is 6.02. The van der Waals surface area contributed by atoms with Crippen LogP contribution in [0.2, 0.25) is 0 Å². The number of hydrogen-bond donors (Lipinski definition) is 0. The Morgan fingerprint density at radius 1 is 0.889 bits per heavy atom. The third kappa shape index (κ3) is 3.83. The van der Waals surface area contributed by atoms with Gasteiger partial charge in [-0.1, -0.05) is 12.1 Å². The molecule has 0 aliphatic carbocycles. The van der Waals surface area contributed by atoms with Crippen LogP contribution in [0.25, 0.3) is 0 Å². The second-order valence-electron chi connectivity index (χ2n) is 3.10. The molecule has 0 atom stereocenters. The van der Waals surface area contributed by atoms with Crippen LogP contribution in [0.1, 0.15) is 34.6 Å². The van der Waals surface area contributed by atoms with E-state index in [9.17, 15) is 9.59 Å². The molecule has 1 rings (SSSR count). The first-order valence-corrected chi connectivity index (χ1v) is 5.47. The van der Waals surface area contributed by atoms with Gasteiger partial charge in [0, 0.05) is 0 Å². The molecule has 6 nitrogen and oxygen atoms in total. The molecular weight excluding hydrogens is 240 g/mol. The molecule has 0 spiro atoms. The molecule has 0 saturated heterocycles. The van der Waals surface area contributed by atoms with Gasteiger partial charge in [0.15, 0.2) is 0 Å². The lowest BCUT2D eigenvalue weighted by atomic mass is 10.1. The van der Waals surface area contributed by atoms with E-state index in [-0.39, 0.29) is 24.3 Å². The smallest absolute Gasteiger partial charge is 0.293 e. The van der Waals surface area contributed by atoms with Crippen LogP contribution >= 0.6 is 0 Å². The first-order valence-electron chi connectivity index (χ1n) is 5.47. The molecule has 0 radical (unpaired) electrons. The molecule has 98 valence electrons. The van der Waals surface area contributed by atoms with Crippen molar-refractivity contribution in [2.45, 2.75) is 13.8 Å². The van der Waals surface area contributed by atoms with E-state index in [2.05, 4.69) is 19.6 Å². The second-order valence-corrected chi connectivity index (χ2v) is 3.10. The van der Waals surface area contributed by atoms with Crippen LogP contribution in [0.3, 0.4) is 0 Å². The zero-order chi connectivity index (χ0) is 13.4. The Morgan fingerprint density at radius 3 is 1.61 bits per heavy atom. The van der Waals surface area contributed by atoms with Gasteiger partial charge in [-0.15, -0.1) is 0 Å². The standard InChI is InChI=1S/C12H14O6/c1-3-15-17-11(13)9-7-5-6-8-10(9)12(14)18-16-4-2/h5-8H,3-4H2,1-2H3. The summed E-state index contributed by atoms with van der Waals surface area (Å²) in [5.41, 5.74) is 0.103. The molecule has 0 aliphatic heterocycles. The van der Waals surface area contributed by atoms with Gasteiger partial charge in [0.2, 0.25) is 0 Å². The summed E-state index contributed by atoms with van der Waals surface area (Å²) in [6.45, 7) is 3.78. The van der Waals surface area contributed by atoms with Gasteiger partial charge < -0.3 is 0 Å². The predicted molar refractivity (Wildman–Crippen MR) is 60.5 cm³/mol. The molecule has 0 N–H and O–H groups in total. The van der Waals surface area contributed by atoms with Crippen molar-refractivity contribution in [2.24, 2.45) is 0 Å². The average Bonchev–Trinajstić information content (AvgIpc) is 2.42. The van der Waals surface area contributed by atoms with Crippen molar-refractivity contribution < 1.29 is 29.1 Å². The normalized spacial score (nSPS) is 9.89. The summed E-state index contributed by atoms with van der Waals surface area (Å²) in [5.74, 6) is -1.53. The van der Waals surface area contributed by atoms with Crippen molar-refractivity contribution in [3.05, 3.63) is 35.4 Å². The molecule has 0 fully saturated rings. The number of hydrogen-bond acceptors (Lipinski definition) is 6. The fourth-order valence-electron chi connectivity index (χ4n) is 1.15. The SMILES string of the molecule is CCOOC(=O)c1ccccc1C(=O)OOCC. The maximum absolute atomic E-state index is 11.6. The highest BCUT2D eigenvalue weighted by Gasteiger charge is 2.20. The lowest BCUT2D eigenvalue weighted by Crippen LogP contribution is -2.14. The fraction of sp³-hybridized carbons (Fsp3) is 0.333. The summed E-state index contributed by atoms with van der Waals surface area (Å²) >= 11 is 0. The fourth-order valence-corrected chi connectivity index (χ4v) is 1.15. The van der Waals surface area contributed by atoms with E-state index >= 15 is 0 Å². The lowest BCUT2D eigenvalue weighted by Gasteiger charge is -2.06. The largest absolute Gasteiger partial charge is 0.373 e.